The van der Waals surface area contributed by atoms with E-state index >= 15 is 0 Å². The van der Waals surface area contributed by atoms with Gasteiger partial charge in [0.1, 0.15) is 0 Å². The molecule has 5 heteroatoms. The lowest BCUT2D eigenvalue weighted by atomic mass is 10.2. The number of carbonyl (C=O) groups excluding carboxylic acids is 1. The number of amides is 1. The van der Waals surface area contributed by atoms with Crippen LogP contribution >= 0.6 is 0 Å². The Morgan fingerprint density at radius 2 is 1.58 bits per heavy atom. The second kappa shape index (κ2) is 8.61. The van der Waals surface area contributed by atoms with Crippen LogP contribution in [-0.4, -0.2) is 50.2 Å². The van der Waals surface area contributed by atoms with Gasteiger partial charge in [0.05, 0.1) is 7.11 Å². The van der Waals surface area contributed by atoms with Gasteiger partial charge in [0, 0.05) is 31.9 Å². The normalized spacial score (nSPS) is 15.5. The topological polar surface area (TPSA) is 42.0 Å². The van der Waals surface area contributed by atoms with Crippen molar-refractivity contribution in [1.82, 2.24) is 4.90 Å². The van der Waals surface area contributed by atoms with Crippen molar-refractivity contribution in [3.8, 4) is 11.5 Å². The van der Waals surface area contributed by atoms with Crippen molar-refractivity contribution in [1.29, 1.82) is 0 Å². The third-order valence-electron chi connectivity index (χ3n) is 4.70. The van der Waals surface area contributed by atoms with E-state index in [1.807, 2.05) is 54.3 Å². The highest BCUT2D eigenvalue weighted by atomic mass is 16.5. The Hall–Kier alpha value is -2.69. The van der Waals surface area contributed by atoms with Crippen LogP contribution in [0.2, 0.25) is 0 Å². The predicted molar refractivity (Wildman–Crippen MR) is 103 cm³/mol. The van der Waals surface area contributed by atoms with Crippen molar-refractivity contribution in [3.05, 3.63) is 54.6 Å². The molecule has 1 heterocycles. The molecule has 1 amide bonds. The third kappa shape index (κ3) is 4.10. The highest BCUT2D eigenvalue weighted by Crippen LogP contribution is 2.28. The number of anilines is 1. The molecule has 0 N–H and O–H groups in total. The minimum atomic E-state index is -0.491. The van der Waals surface area contributed by atoms with Crippen molar-refractivity contribution < 1.29 is 14.3 Å². The molecule has 26 heavy (non-hydrogen) atoms. The lowest BCUT2D eigenvalue weighted by molar-refractivity contribution is -0.139. The molecule has 3 rings (SSSR count). The van der Waals surface area contributed by atoms with Gasteiger partial charge in [-0.3, -0.25) is 4.79 Å². The minimum absolute atomic E-state index is 0.0473. The SMILES string of the molecule is CC[C@H](Oc1ccccc1OC)C(=O)N1CCN(c2ccccc2)CC1. The molecular formula is C21H26N2O3. The van der Waals surface area contributed by atoms with Crippen LogP contribution in [-0.2, 0) is 4.79 Å². The van der Waals surface area contributed by atoms with Gasteiger partial charge in [0.2, 0.25) is 0 Å². The first-order valence-electron chi connectivity index (χ1n) is 9.11. The quantitative estimate of drug-likeness (QED) is 0.799. The standard InChI is InChI=1S/C21H26N2O3/c1-3-18(26-20-12-8-7-11-19(20)25-2)21(24)23-15-13-22(14-16-23)17-9-5-4-6-10-17/h4-12,18H,3,13-16H2,1-2H3/t18-/m0/s1. The maximum Gasteiger partial charge on any atom is 0.263 e. The molecule has 1 aliphatic heterocycles. The number of piperazine rings is 1. The van der Waals surface area contributed by atoms with Crippen molar-refractivity contribution >= 4 is 11.6 Å². The molecular weight excluding hydrogens is 328 g/mol. The van der Waals surface area contributed by atoms with Crippen LogP contribution in [0.4, 0.5) is 5.69 Å². The average molecular weight is 354 g/mol. The Bertz CT molecular complexity index is 712. The number of carbonyl (C=O) groups is 1. The van der Waals surface area contributed by atoms with Gasteiger partial charge in [-0.05, 0) is 30.7 Å². The second-order valence-electron chi connectivity index (χ2n) is 6.31. The molecule has 0 bridgehead atoms. The molecule has 5 nitrogen and oxygen atoms in total. The molecule has 0 spiro atoms. The molecule has 1 fully saturated rings. The maximum atomic E-state index is 12.9. The van der Waals surface area contributed by atoms with Crippen LogP contribution in [0.25, 0.3) is 0 Å². The Morgan fingerprint density at radius 3 is 2.19 bits per heavy atom. The number of ether oxygens (including phenoxy) is 2. The van der Waals surface area contributed by atoms with Crippen molar-refractivity contribution in [2.45, 2.75) is 19.4 Å². The van der Waals surface area contributed by atoms with Gasteiger partial charge in [-0.2, -0.15) is 0 Å². The fourth-order valence-corrected chi connectivity index (χ4v) is 3.21. The second-order valence-corrected chi connectivity index (χ2v) is 6.31. The van der Waals surface area contributed by atoms with Crippen LogP contribution < -0.4 is 14.4 Å². The number of hydrogen-bond donors (Lipinski definition) is 0. The van der Waals surface area contributed by atoms with E-state index in [0.29, 0.717) is 31.0 Å². The molecule has 1 atom stereocenters. The number of benzene rings is 2. The summed E-state index contributed by atoms with van der Waals surface area (Å²) in [5.41, 5.74) is 1.21. The number of para-hydroxylation sites is 3. The number of methoxy groups -OCH3 is 1. The van der Waals surface area contributed by atoms with Crippen LogP contribution in [0, 0.1) is 0 Å². The van der Waals surface area contributed by atoms with Gasteiger partial charge in [-0.25, -0.2) is 0 Å². The summed E-state index contributed by atoms with van der Waals surface area (Å²) in [7, 11) is 1.60. The molecule has 1 saturated heterocycles. The summed E-state index contributed by atoms with van der Waals surface area (Å²) in [5, 5.41) is 0. The molecule has 2 aromatic rings. The molecule has 0 unspecified atom stereocenters. The Kier molecular flexibility index (Phi) is 6.00. The largest absolute Gasteiger partial charge is 0.493 e. The summed E-state index contributed by atoms with van der Waals surface area (Å²) in [6.45, 7) is 5.05. The Labute approximate surface area is 155 Å². The molecule has 0 aromatic heterocycles. The van der Waals surface area contributed by atoms with Crippen LogP contribution in [0.5, 0.6) is 11.5 Å². The summed E-state index contributed by atoms with van der Waals surface area (Å²) in [6, 6.07) is 17.8. The summed E-state index contributed by atoms with van der Waals surface area (Å²) >= 11 is 0. The van der Waals surface area contributed by atoms with Crippen molar-refractivity contribution in [2.24, 2.45) is 0 Å². The van der Waals surface area contributed by atoms with Gasteiger partial charge in [0.15, 0.2) is 17.6 Å². The lowest BCUT2D eigenvalue weighted by Gasteiger charge is -2.37. The van der Waals surface area contributed by atoms with E-state index in [9.17, 15) is 4.79 Å². The maximum absolute atomic E-state index is 12.9. The first-order chi connectivity index (χ1) is 12.7. The number of nitrogens with zero attached hydrogens (tertiary/aromatic N) is 2. The van der Waals surface area contributed by atoms with E-state index in [2.05, 4.69) is 17.0 Å². The number of rotatable bonds is 6. The van der Waals surface area contributed by atoms with Crippen LogP contribution in [0.3, 0.4) is 0 Å². The van der Waals surface area contributed by atoms with E-state index in [0.717, 1.165) is 13.1 Å². The highest BCUT2D eigenvalue weighted by molar-refractivity contribution is 5.81. The van der Waals surface area contributed by atoms with Gasteiger partial charge < -0.3 is 19.3 Å². The predicted octanol–water partition coefficient (Wildman–Crippen LogP) is 3.20. The fraction of sp³-hybridized carbons (Fsp3) is 0.381. The molecule has 138 valence electrons. The molecule has 0 saturated carbocycles. The van der Waals surface area contributed by atoms with Crippen molar-refractivity contribution in [2.75, 3.05) is 38.2 Å². The van der Waals surface area contributed by atoms with Gasteiger partial charge in [-0.15, -0.1) is 0 Å². The van der Waals surface area contributed by atoms with Gasteiger partial charge in [0.25, 0.3) is 5.91 Å². The molecule has 2 aromatic carbocycles. The van der Waals surface area contributed by atoms with E-state index in [1.165, 1.54) is 5.69 Å². The zero-order chi connectivity index (χ0) is 18.4. The first-order valence-corrected chi connectivity index (χ1v) is 9.11. The zero-order valence-electron chi connectivity index (χ0n) is 15.4. The minimum Gasteiger partial charge on any atom is -0.493 e. The van der Waals surface area contributed by atoms with Gasteiger partial charge >= 0.3 is 0 Å². The summed E-state index contributed by atoms with van der Waals surface area (Å²) in [6.07, 6.45) is 0.130. The summed E-state index contributed by atoms with van der Waals surface area (Å²) in [5.74, 6) is 1.30. The monoisotopic (exact) mass is 354 g/mol. The van der Waals surface area contributed by atoms with Crippen molar-refractivity contribution in [3.63, 3.8) is 0 Å². The van der Waals surface area contributed by atoms with E-state index in [1.54, 1.807) is 7.11 Å². The van der Waals surface area contributed by atoms with E-state index in [4.69, 9.17) is 9.47 Å². The smallest absolute Gasteiger partial charge is 0.263 e. The fourth-order valence-electron chi connectivity index (χ4n) is 3.21. The molecule has 1 aliphatic rings. The van der Waals surface area contributed by atoms with Crippen LogP contribution in [0.15, 0.2) is 54.6 Å². The lowest BCUT2D eigenvalue weighted by Crippen LogP contribution is -2.52. The first kappa shape index (κ1) is 18.1. The third-order valence-corrected chi connectivity index (χ3v) is 4.70. The Balaban J connectivity index is 1.61. The zero-order valence-corrected chi connectivity index (χ0v) is 15.4. The molecule has 0 aliphatic carbocycles. The van der Waals surface area contributed by atoms with Gasteiger partial charge in [-0.1, -0.05) is 37.3 Å². The Morgan fingerprint density at radius 1 is 0.962 bits per heavy atom. The molecule has 0 radical (unpaired) electrons. The number of hydrogen-bond acceptors (Lipinski definition) is 4. The summed E-state index contributed by atoms with van der Waals surface area (Å²) in [4.78, 5) is 17.1. The van der Waals surface area contributed by atoms with Crippen LogP contribution in [0.1, 0.15) is 13.3 Å². The van der Waals surface area contributed by atoms with E-state index < -0.39 is 6.10 Å². The highest BCUT2D eigenvalue weighted by Gasteiger charge is 2.28. The summed E-state index contributed by atoms with van der Waals surface area (Å²) < 4.78 is 11.3. The average Bonchev–Trinajstić information content (AvgIpc) is 2.72. The van der Waals surface area contributed by atoms with E-state index in [-0.39, 0.29) is 5.91 Å².